The molecule has 5 heteroatoms. The van der Waals surface area contributed by atoms with E-state index in [1.165, 1.54) is 5.56 Å². The first-order valence-electron chi connectivity index (χ1n) is 6.92. The Labute approximate surface area is 128 Å². The third-order valence-corrected chi connectivity index (χ3v) is 4.16. The second kappa shape index (κ2) is 6.59. The highest BCUT2D eigenvalue weighted by Gasteiger charge is 2.39. The van der Waals surface area contributed by atoms with Gasteiger partial charge in [0.1, 0.15) is 0 Å². The molecule has 110 valence electrons. The Hall–Kier alpha value is -1.07. The number of halogens is 1. The smallest absolute Gasteiger partial charge is 0.317 e. The van der Waals surface area contributed by atoms with E-state index in [1.807, 2.05) is 12.1 Å². The van der Waals surface area contributed by atoms with Crippen molar-refractivity contribution in [2.45, 2.75) is 37.8 Å². The number of aliphatic hydroxyl groups excluding tert-OH is 1. The molecule has 0 spiro atoms. The Morgan fingerprint density at radius 2 is 2.15 bits per heavy atom. The van der Waals surface area contributed by atoms with Gasteiger partial charge in [-0.15, -0.1) is 0 Å². The second-order valence-electron chi connectivity index (χ2n) is 5.51. The Bertz CT molecular complexity index is 461. The minimum atomic E-state index is -0.373. The van der Waals surface area contributed by atoms with Crippen molar-refractivity contribution in [3.63, 3.8) is 0 Å². The molecule has 0 aliphatic heterocycles. The largest absolute Gasteiger partial charge is 0.393 e. The van der Waals surface area contributed by atoms with Crippen molar-refractivity contribution in [3.8, 4) is 0 Å². The van der Waals surface area contributed by atoms with Crippen molar-refractivity contribution in [1.82, 2.24) is 10.2 Å². The number of amides is 2. The van der Waals surface area contributed by atoms with Crippen molar-refractivity contribution in [2.75, 3.05) is 13.6 Å². The summed E-state index contributed by atoms with van der Waals surface area (Å²) in [7, 11) is 1.76. The summed E-state index contributed by atoms with van der Waals surface area (Å²) in [5, 5.41) is 12.3. The van der Waals surface area contributed by atoms with E-state index in [2.05, 4.69) is 33.4 Å². The maximum Gasteiger partial charge on any atom is 0.317 e. The Kier molecular flexibility index (Phi) is 5.05. The molecule has 1 aliphatic carbocycles. The highest BCUT2D eigenvalue weighted by Crippen LogP contribution is 2.41. The number of nitrogens with zero attached hydrogens (tertiary/aromatic N) is 1. The highest BCUT2D eigenvalue weighted by molar-refractivity contribution is 9.10. The summed E-state index contributed by atoms with van der Waals surface area (Å²) >= 11 is 3.42. The first-order chi connectivity index (χ1) is 9.47. The van der Waals surface area contributed by atoms with Crippen LogP contribution in [0, 0.1) is 0 Å². The zero-order chi connectivity index (χ0) is 14.7. The second-order valence-corrected chi connectivity index (χ2v) is 6.42. The van der Waals surface area contributed by atoms with E-state index >= 15 is 0 Å². The zero-order valence-electron chi connectivity index (χ0n) is 11.8. The van der Waals surface area contributed by atoms with Crippen LogP contribution < -0.4 is 5.32 Å². The summed E-state index contributed by atoms with van der Waals surface area (Å²) in [5.74, 6) is 0.428. The van der Waals surface area contributed by atoms with Crippen LogP contribution in [0.1, 0.15) is 31.2 Å². The van der Waals surface area contributed by atoms with Gasteiger partial charge in [-0.1, -0.05) is 28.1 Å². The van der Waals surface area contributed by atoms with Crippen LogP contribution in [0.5, 0.6) is 0 Å². The van der Waals surface area contributed by atoms with Crippen LogP contribution in [0.3, 0.4) is 0 Å². The van der Waals surface area contributed by atoms with Crippen molar-refractivity contribution >= 4 is 22.0 Å². The number of carbonyl (C=O) groups is 1. The summed E-state index contributed by atoms with van der Waals surface area (Å²) in [6.07, 6.45) is 1.23. The van der Waals surface area contributed by atoms with Gasteiger partial charge >= 0.3 is 6.03 Å². The van der Waals surface area contributed by atoms with Gasteiger partial charge in [-0.05, 0) is 37.5 Å². The number of hydrogen-bond donors (Lipinski definition) is 2. The van der Waals surface area contributed by atoms with Gasteiger partial charge in [0, 0.05) is 30.0 Å². The Morgan fingerprint density at radius 3 is 2.75 bits per heavy atom. The molecular formula is C15H21BrN2O2. The van der Waals surface area contributed by atoms with Crippen molar-refractivity contribution in [2.24, 2.45) is 0 Å². The van der Waals surface area contributed by atoms with Crippen molar-refractivity contribution in [3.05, 3.63) is 34.3 Å². The average Bonchev–Trinajstić information content (AvgIpc) is 3.15. The predicted molar refractivity (Wildman–Crippen MR) is 82.7 cm³/mol. The average molecular weight is 341 g/mol. The lowest BCUT2D eigenvalue weighted by Gasteiger charge is -2.18. The number of rotatable bonds is 5. The molecule has 0 bridgehead atoms. The fourth-order valence-corrected chi connectivity index (χ4v) is 2.45. The molecule has 3 atom stereocenters. The lowest BCUT2D eigenvalue weighted by Crippen LogP contribution is -2.40. The molecule has 0 aromatic heterocycles. The molecule has 2 rings (SSSR count). The molecule has 0 saturated heterocycles. The van der Waals surface area contributed by atoms with Gasteiger partial charge in [0.2, 0.25) is 0 Å². The summed E-state index contributed by atoms with van der Waals surface area (Å²) in [4.78, 5) is 13.6. The lowest BCUT2D eigenvalue weighted by molar-refractivity contribution is 0.163. The number of aliphatic hydroxyl groups is 1. The maximum absolute atomic E-state index is 12.0. The number of benzene rings is 1. The van der Waals surface area contributed by atoms with Gasteiger partial charge in [0.05, 0.1) is 6.10 Å². The van der Waals surface area contributed by atoms with E-state index in [0.717, 1.165) is 10.9 Å². The summed E-state index contributed by atoms with van der Waals surface area (Å²) in [6, 6.07) is 8.42. The van der Waals surface area contributed by atoms with Gasteiger partial charge in [-0.25, -0.2) is 4.79 Å². The fraction of sp³-hybridized carbons (Fsp3) is 0.533. The van der Waals surface area contributed by atoms with Crippen LogP contribution in [-0.2, 0) is 0 Å². The summed E-state index contributed by atoms with van der Waals surface area (Å²) in [5.41, 5.74) is 1.27. The predicted octanol–water partition coefficient (Wildman–Crippen LogP) is 2.72. The maximum atomic E-state index is 12.0. The quantitative estimate of drug-likeness (QED) is 0.865. The van der Waals surface area contributed by atoms with Crippen LogP contribution in [-0.4, -0.2) is 41.8 Å². The van der Waals surface area contributed by atoms with E-state index in [4.69, 9.17) is 0 Å². The van der Waals surface area contributed by atoms with Crippen LogP contribution in [0.2, 0.25) is 0 Å². The molecule has 0 heterocycles. The molecule has 1 saturated carbocycles. The zero-order valence-corrected chi connectivity index (χ0v) is 13.4. The van der Waals surface area contributed by atoms with Crippen molar-refractivity contribution in [1.29, 1.82) is 0 Å². The lowest BCUT2D eigenvalue weighted by atomic mass is 10.1. The van der Waals surface area contributed by atoms with E-state index < -0.39 is 0 Å². The molecule has 1 aliphatic rings. The monoisotopic (exact) mass is 340 g/mol. The highest BCUT2D eigenvalue weighted by atomic mass is 79.9. The first kappa shape index (κ1) is 15.3. The van der Waals surface area contributed by atoms with E-state index in [0.29, 0.717) is 18.9 Å². The molecule has 2 amide bonds. The fourth-order valence-electron chi connectivity index (χ4n) is 2.18. The minimum Gasteiger partial charge on any atom is -0.393 e. The molecule has 3 unspecified atom stereocenters. The molecule has 1 aromatic rings. The minimum absolute atomic E-state index is 0.0599. The van der Waals surface area contributed by atoms with Crippen LogP contribution in [0.4, 0.5) is 4.79 Å². The van der Waals surface area contributed by atoms with E-state index in [9.17, 15) is 9.90 Å². The topological polar surface area (TPSA) is 52.6 Å². The third-order valence-electron chi connectivity index (χ3n) is 3.63. The van der Waals surface area contributed by atoms with Gasteiger partial charge < -0.3 is 15.3 Å². The van der Waals surface area contributed by atoms with Gasteiger partial charge in [-0.3, -0.25) is 0 Å². The van der Waals surface area contributed by atoms with Crippen LogP contribution >= 0.6 is 15.9 Å². The van der Waals surface area contributed by atoms with E-state index in [-0.39, 0.29) is 18.2 Å². The molecule has 1 aromatic carbocycles. The third kappa shape index (κ3) is 4.21. The normalized spacial score (nSPS) is 22.2. The number of nitrogens with one attached hydrogen (secondary N) is 1. The molecular weight excluding hydrogens is 320 g/mol. The molecule has 2 N–H and O–H groups in total. The van der Waals surface area contributed by atoms with Gasteiger partial charge in [0.25, 0.3) is 0 Å². The van der Waals surface area contributed by atoms with Gasteiger partial charge in [-0.2, -0.15) is 0 Å². The van der Waals surface area contributed by atoms with Crippen molar-refractivity contribution < 1.29 is 9.90 Å². The summed E-state index contributed by atoms with van der Waals surface area (Å²) in [6.45, 7) is 2.30. The summed E-state index contributed by atoms with van der Waals surface area (Å²) < 4.78 is 1.07. The van der Waals surface area contributed by atoms with E-state index in [1.54, 1.807) is 18.9 Å². The molecule has 4 nitrogen and oxygen atoms in total. The Morgan fingerprint density at radius 1 is 1.50 bits per heavy atom. The Balaban J connectivity index is 1.78. The van der Waals surface area contributed by atoms with Crippen LogP contribution in [0.15, 0.2) is 28.7 Å². The number of carbonyl (C=O) groups excluding carboxylic acids is 1. The molecule has 0 radical (unpaired) electrons. The SMILES string of the molecule is CC(O)CCN(C)C(=O)NC1CC1c1ccc(Br)cc1. The number of urea groups is 1. The first-order valence-corrected chi connectivity index (χ1v) is 7.72. The molecule has 1 fully saturated rings. The number of hydrogen-bond acceptors (Lipinski definition) is 2. The molecule has 20 heavy (non-hydrogen) atoms. The van der Waals surface area contributed by atoms with Crippen LogP contribution in [0.25, 0.3) is 0 Å². The van der Waals surface area contributed by atoms with Gasteiger partial charge in [0.15, 0.2) is 0 Å². The standard InChI is InChI=1S/C15H21BrN2O2/c1-10(19)7-8-18(2)15(20)17-14-9-13(14)11-3-5-12(16)6-4-11/h3-6,10,13-14,19H,7-9H2,1-2H3,(H,17,20).